The summed E-state index contributed by atoms with van der Waals surface area (Å²) in [5, 5.41) is 14.7. The molecule has 2 rings (SSSR count). The van der Waals surface area contributed by atoms with Crippen LogP contribution in [0.4, 0.5) is 4.79 Å². The number of rotatable bonds is 5. The minimum Gasteiger partial charge on any atom is -0.480 e. The van der Waals surface area contributed by atoms with Crippen molar-refractivity contribution in [2.75, 3.05) is 19.8 Å². The van der Waals surface area contributed by atoms with Gasteiger partial charge in [-0.2, -0.15) is 0 Å². The van der Waals surface area contributed by atoms with E-state index in [0.717, 1.165) is 12.8 Å². The predicted octanol–water partition coefficient (Wildman–Crippen LogP) is 0.487. The van der Waals surface area contributed by atoms with Gasteiger partial charge in [-0.3, -0.25) is 0 Å². The van der Waals surface area contributed by atoms with Crippen molar-refractivity contribution in [3.05, 3.63) is 0 Å². The fraction of sp³-hybridized carbons (Fsp3) is 0.846. The quantitative estimate of drug-likeness (QED) is 0.683. The average molecular weight is 286 g/mol. The highest BCUT2D eigenvalue weighted by atomic mass is 16.5. The second kappa shape index (κ2) is 6.41. The third-order valence-electron chi connectivity index (χ3n) is 3.94. The molecule has 1 saturated carbocycles. The van der Waals surface area contributed by atoms with Crippen molar-refractivity contribution in [1.82, 2.24) is 10.6 Å². The van der Waals surface area contributed by atoms with Crippen LogP contribution in [0, 0.1) is 0 Å². The zero-order chi connectivity index (χ0) is 14.6. The zero-order valence-electron chi connectivity index (χ0n) is 11.7. The highest BCUT2D eigenvalue weighted by molar-refractivity contribution is 5.86. The molecule has 0 aromatic rings. The van der Waals surface area contributed by atoms with Gasteiger partial charge in [-0.1, -0.05) is 0 Å². The van der Waals surface area contributed by atoms with Crippen molar-refractivity contribution in [2.45, 2.75) is 50.3 Å². The van der Waals surface area contributed by atoms with E-state index in [9.17, 15) is 14.7 Å². The van der Waals surface area contributed by atoms with E-state index in [-0.39, 0.29) is 12.1 Å². The molecule has 1 aliphatic heterocycles. The normalized spacial score (nSPS) is 28.2. The summed E-state index contributed by atoms with van der Waals surface area (Å²) in [4.78, 5) is 23.3. The molecule has 2 amide bonds. The van der Waals surface area contributed by atoms with E-state index in [1.165, 1.54) is 0 Å². The Balaban J connectivity index is 1.79. The molecule has 1 aliphatic carbocycles. The molecule has 1 saturated heterocycles. The highest BCUT2D eigenvalue weighted by Gasteiger charge is 2.42. The third-order valence-corrected chi connectivity index (χ3v) is 3.94. The maximum absolute atomic E-state index is 11.9. The maximum atomic E-state index is 11.9. The van der Waals surface area contributed by atoms with E-state index < -0.39 is 17.5 Å². The number of carboxylic acid groups (broad SMARTS) is 1. The van der Waals surface area contributed by atoms with Crippen molar-refractivity contribution in [1.29, 1.82) is 0 Å². The monoisotopic (exact) mass is 286 g/mol. The Kier molecular flexibility index (Phi) is 4.82. The first-order valence-electron chi connectivity index (χ1n) is 7.07. The van der Waals surface area contributed by atoms with E-state index in [1.54, 1.807) is 0 Å². The first-order valence-corrected chi connectivity index (χ1v) is 7.07. The Bertz CT molecular complexity index is 362. The van der Waals surface area contributed by atoms with Crippen LogP contribution >= 0.6 is 0 Å². The minimum atomic E-state index is -1.20. The van der Waals surface area contributed by atoms with Crippen molar-refractivity contribution in [3.8, 4) is 0 Å². The molecule has 2 fully saturated rings. The lowest BCUT2D eigenvalue weighted by molar-refractivity contribution is -0.148. The van der Waals surface area contributed by atoms with Crippen molar-refractivity contribution in [2.24, 2.45) is 0 Å². The first-order chi connectivity index (χ1) is 9.55. The maximum Gasteiger partial charge on any atom is 0.329 e. The molecular formula is C13H22N2O5. The standard InChI is InChI=1S/C13H22N2O5/c1-2-20-10-7-9(8-10)14-12(18)15-13(11(16)17)3-5-19-6-4-13/h9-10H,2-8H2,1H3,(H,16,17)(H2,14,15,18). The Morgan fingerprint density at radius 2 is 2.00 bits per heavy atom. The Morgan fingerprint density at radius 1 is 1.35 bits per heavy atom. The number of carbonyl (C=O) groups is 2. The Hall–Kier alpha value is -1.34. The first kappa shape index (κ1) is 15.1. The fourth-order valence-corrected chi connectivity index (χ4v) is 2.61. The molecule has 20 heavy (non-hydrogen) atoms. The number of amides is 2. The molecule has 1 heterocycles. The van der Waals surface area contributed by atoms with Crippen molar-refractivity contribution in [3.63, 3.8) is 0 Å². The summed E-state index contributed by atoms with van der Waals surface area (Å²) in [5.74, 6) is -1.00. The smallest absolute Gasteiger partial charge is 0.329 e. The molecule has 0 aromatic heterocycles. The topological polar surface area (TPSA) is 96.9 Å². The molecule has 0 spiro atoms. The number of aliphatic carboxylic acids is 1. The predicted molar refractivity (Wildman–Crippen MR) is 70.5 cm³/mol. The number of nitrogens with one attached hydrogen (secondary N) is 2. The van der Waals surface area contributed by atoms with Crippen molar-refractivity contribution >= 4 is 12.0 Å². The van der Waals surface area contributed by atoms with E-state index in [4.69, 9.17) is 9.47 Å². The Morgan fingerprint density at radius 3 is 2.55 bits per heavy atom. The summed E-state index contributed by atoms with van der Waals surface area (Å²) in [6, 6.07) is -0.355. The summed E-state index contributed by atoms with van der Waals surface area (Å²) in [7, 11) is 0. The number of carbonyl (C=O) groups excluding carboxylic acids is 1. The van der Waals surface area contributed by atoms with Crippen LogP contribution in [-0.2, 0) is 14.3 Å². The SMILES string of the molecule is CCOC1CC(NC(=O)NC2(C(=O)O)CCOCC2)C1. The Labute approximate surface area is 118 Å². The van der Waals surface area contributed by atoms with E-state index in [1.807, 2.05) is 6.92 Å². The van der Waals surface area contributed by atoms with Crippen LogP contribution in [0.15, 0.2) is 0 Å². The molecule has 0 atom stereocenters. The number of urea groups is 1. The molecule has 7 nitrogen and oxygen atoms in total. The van der Waals surface area contributed by atoms with Gasteiger partial charge in [-0.05, 0) is 19.8 Å². The number of hydrogen-bond acceptors (Lipinski definition) is 4. The lowest BCUT2D eigenvalue weighted by Gasteiger charge is -2.38. The summed E-state index contributed by atoms with van der Waals surface area (Å²) in [6.07, 6.45) is 2.36. The van der Waals surface area contributed by atoms with E-state index in [0.29, 0.717) is 32.7 Å². The van der Waals surface area contributed by atoms with Gasteiger partial charge < -0.3 is 25.2 Å². The molecule has 3 N–H and O–H groups in total. The molecule has 0 radical (unpaired) electrons. The van der Waals surface area contributed by atoms with E-state index >= 15 is 0 Å². The summed E-state index contributed by atoms with van der Waals surface area (Å²) >= 11 is 0. The highest BCUT2D eigenvalue weighted by Crippen LogP contribution is 2.24. The van der Waals surface area contributed by atoms with Crippen LogP contribution in [0.2, 0.25) is 0 Å². The van der Waals surface area contributed by atoms with Crippen LogP contribution in [-0.4, -0.2) is 54.6 Å². The fourth-order valence-electron chi connectivity index (χ4n) is 2.61. The third kappa shape index (κ3) is 3.40. The van der Waals surface area contributed by atoms with Crippen LogP contribution in [0.5, 0.6) is 0 Å². The van der Waals surface area contributed by atoms with Gasteiger partial charge in [0.15, 0.2) is 0 Å². The van der Waals surface area contributed by atoms with Crippen LogP contribution < -0.4 is 10.6 Å². The second-order valence-electron chi connectivity index (χ2n) is 5.34. The number of ether oxygens (including phenoxy) is 2. The second-order valence-corrected chi connectivity index (χ2v) is 5.34. The zero-order valence-corrected chi connectivity index (χ0v) is 11.7. The van der Waals surface area contributed by atoms with Gasteiger partial charge in [0.05, 0.1) is 6.10 Å². The molecule has 2 aliphatic rings. The average Bonchev–Trinajstić information content (AvgIpc) is 2.37. The van der Waals surface area contributed by atoms with E-state index in [2.05, 4.69) is 10.6 Å². The lowest BCUT2D eigenvalue weighted by atomic mass is 9.88. The number of hydrogen-bond donors (Lipinski definition) is 3. The van der Waals surface area contributed by atoms with Gasteiger partial charge in [0, 0.05) is 38.7 Å². The lowest BCUT2D eigenvalue weighted by Crippen LogP contribution is -2.61. The summed E-state index contributed by atoms with van der Waals surface area (Å²) in [6.45, 7) is 3.31. The van der Waals surface area contributed by atoms with Gasteiger partial charge in [0.1, 0.15) is 5.54 Å². The molecule has 0 unspecified atom stereocenters. The van der Waals surface area contributed by atoms with Crippen LogP contribution in [0.1, 0.15) is 32.6 Å². The van der Waals surface area contributed by atoms with Gasteiger partial charge in [0.2, 0.25) is 0 Å². The minimum absolute atomic E-state index is 0.0669. The van der Waals surface area contributed by atoms with Crippen LogP contribution in [0.25, 0.3) is 0 Å². The molecule has 114 valence electrons. The number of carboxylic acids is 1. The largest absolute Gasteiger partial charge is 0.480 e. The van der Waals surface area contributed by atoms with Gasteiger partial charge in [0.25, 0.3) is 0 Å². The van der Waals surface area contributed by atoms with Crippen molar-refractivity contribution < 1.29 is 24.2 Å². The van der Waals surface area contributed by atoms with Crippen LogP contribution in [0.3, 0.4) is 0 Å². The molecular weight excluding hydrogens is 264 g/mol. The molecule has 0 aromatic carbocycles. The van der Waals surface area contributed by atoms with Gasteiger partial charge >= 0.3 is 12.0 Å². The van der Waals surface area contributed by atoms with Gasteiger partial charge in [-0.15, -0.1) is 0 Å². The summed E-state index contributed by atoms with van der Waals surface area (Å²) < 4.78 is 10.6. The van der Waals surface area contributed by atoms with Gasteiger partial charge in [-0.25, -0.2) is 9.59 Å². The summed E-state index contributed by atoms with van der Waals surface area (Å²) in [5.41, 5.74) is -1.20. The molecule has 7 heteroatoms. The molecule has 0 bridgehead atoms.